The maximum absolute atomic E-state index is 12.0. The molecule has 4 bridgehead atoms. The Balaban J connectivity index is 1.52. The minimum absolute atomic E-state index is 0.0584. The summed E-state index contributed by atoms with van der Waals surface area (Å²) in [5.41, 5.74) is 0. The van der Waals surface area contributed by atoms with E-state index in [2.05, 4.69) is 0 Å². The Bertz CT molecular complexity index is 374. The molecule has 0 amide bonds. The minimum atomic E-state index is -0.396. The molecule has 0 aromatic rings. The van der Waals surface area contributed by atoms with Crippen molar-refractivity contribution < 1.29 is 14.3 Å². The van der Waals surface area contributed by atoms with Gasteiger partial charge >= 0.3 is 5.97 Å². The lowest BCUT2D eigenvalue weighted by molar-refractivity contribution is -0.200. The van der Waals surface area contributed by atoms with Crippen molar-refractivity contribution in [3.8, 4) is 0 Å². The summed E-state index contributed by atoms with van der Waals surface area (Å²) in [6.45, 7) is 7.90. The first kappa shape index (κ1) is 14.4. The summed E-state index contributed by atoms with van der Waals surface area (Å²) in [5, 5.41) is 0. The van der Waals surface area contributed by atoms with E-state index in [0.717, 1.165) is 23.7 Å². The first-order chi connectivity index (χ1) is 9.45. The van der Waals surface area contributed by atoms with Crippen LogP contribution in [0.4, 0.5) is 0 Å². The lowest BCUT2D eigenvalue weighted by Crippen LogP contribution is -2.36. The lowest BCUT2D eigenvalue weighted by Gasteiger charge is -2.33. The van der Waals surface area contributed by atoms with Gasteiger partial charge in [-0.25, -0.2) is 0 Å². The Morgan fingerprint density at radius 3 is 2.35 bits per heavy atom. The van der Waals surface area contributed by atoms with Gasteiger partial charge in [0.15, 0.2) is 6.29 Å². The van der Waals surface area contributed by atoms with E-state index >= 15 is 0 Å². The van der Waals surface area contributed by atoms with Crippen molar-refractivity contribution in [2.75, 3.05) is 0 Å². The fraction of sp³-hybridized carbons (Fsp3) is 0.941. The Kier molecular flexibility index (Phi) is 3.83. The second kappa shape index (κ2) is 5.32. The Labute approximate surface area is 122 Å². The normalized spacial score (nSPS) is 41.1. The highest BCUT2D eigenvalue weighted by molar-refractivity contribution is 5.72. The van der Waals surface area contributed by atoms with Gasteiger partial charge < -0.3 is 9.47 Å². The van der Waals surface area contributed by atoms with E-state index in [1.165, 1.54) is 25.7 Å². The van der Waals surface area contributed by atoms with Crippen molar-refractivity contribution in [1.29, 1.82) is 0 Å². The SMILES string of the molecule is CC(OC(=O)C(C)C(C)C)OC1C2CC3CC(C2)C1C3. The van der Waals surface area contributed by atoms with Crippen molar-refractivity contribution in [2.24, 2.45) is 35.5 Å². The van der Waals surface area contributed by atoms with Gasteiger partial charge in [0.25, 0.3) is 0 Å². The topological polar surface area (TPSA) is 35.5 Å². The molecule has 0 aliphatic heterocycles. The summed E-state index contributed by atoms with van der Waals surface area (Å²) in [5.74, 6) is 3.44. The smallest absolute Gasteiger partial charge is 0.311 e. The molecule has 20 heavy (non-hydrogen) atoms. The van der Waals surface area contributed by atoms with Gasteiger partial charge in [0.2, 0.25) is 0 Å². The fourth-order valence-corrected chi connectivity index (χ4v) is 4.68. The summed E-state index contributed by atoms with van der Waals surface area (Å²) in [4.78, 5) is 12.0. The van der Waals surface area contributed by atoms with Crippen LogP contribution < -0.4 is 0 Å². The molecule has 0 radical (unpaired) electrons. The maximum Gasteiger partial charge on any atom is 0.311 e. The van der Waals surface area contributed by atoms with Crippen LogP contribution in [0.5, 0.6) is 0 Å². The summed E-state index contributed by atoms with van der Waals surface area (Å²) in [6, 6.07) is 0. The van der Waals surface area contributed by atoms with Crippen LogP contribution in [0.1, 0.15) is 53.4 Å². The second-order valence-electron chi connectivity index (χ2n) is 7.63. The zero-order valence-corrected chi connectivity index (χ0v) is 13.2. The third kappa shape index (κ3) is 2.49. The third-order valence-corrected chi connectivity index (χ3v) is 5.98. The number of carbonyl (C=O) groups is 1. The molecule has 3 nitrogen and oxygen atoms in total. The lowest BCUT2D eigenvalue weighted by atomic mass is 9.80. The molecular formula is C17H28O3. The predicted molar refractivity (Wildman–Crippen MR) is 76.9 cm³/mol. The largest absolute Gasteiger partial charge is 0.436 e. The van der Waals surface area contributed by atoms with Crippen molar-refractivity contribution in [3.63, 3.8) is 0 Å². The van der Waals surface area contributed by atoms with Crippen LogP contribution in [0.3, 0.4) is 0 Å². The fourth-order valence-electron chi connectivity index (χ4n) is 4.68. The number of carbonyl (C=O) groups excluding carboxylic acids is 1. The minimum Gasteiger partial charge on any atom is -0.436 e. The molecule has 0 aromatic heterocycles. The Morgan fingerprint density at radius 1 is 1.00 bits per heavy atom. The molecule has 4 saturated carbocycles. The number of hydrogen-bond acceptors (Lipinski definition) is 3. The van der Waals surface area contributed by atoms with Crippen LogP contribution in [0.15, 0.2) is 0 Å². The highest BCUT2D eigenvalue weighted by Crippen LogP contribution is 2.59. The summed E-state index contributed by atoms with van der Waals surface area (Å²) in [6.07, 6.45) is 5.38. The van der Waals surface area contributed by atoms with Crippen molar-refractivity contribution in [1.82, 2.24) is 0 Å². The molecule has 4 rings (SSSR count). The van der Waals surface area contributed by atoms with E-state index in [9.17, 15) is 4.79 Å². The van der Waals surface area contributed by atoms with E-state index in [4.69, 9.17) is 9.47 Å². The highest BCUT2D eigenvalue weighted by Gasteiger charge is 2.54. The van der Waals surface area contributed by atoms with Crippen LogP contribution >= 0.6 is 0 Å². The molecule has 114 valence electrons. The van der Waals surface area contributed by atoms with E-state index < -0.39 is 6.29 Å². The average molecular weight is 280 g/mol. The van der Waals surface area contributed by atoms with Gasteiger partial charge in [-0.3, -0.25) is 4.79 Å². The number of ether oxygens (including phenoxy) is 2. The van der Waals surface area contributed by atoms with Gasteiger partial charge in [-0.05, 0) is 62.2 Å². The molecule has 4 fully saturated rings. The first-order valence-electron chi connectivity index (χ1n) is 8.31. The molecule has 0 N–H and O–H groups in total. The van der Waals surface area contributed by atoms with Gasteiger partial charge in [0.05, 0.1) is 12.0 Å². The molecule has 7 atom stereocenters. The molecule has 3 heteroatoms. The summed E-state index contributed by atoms with van der Waals surface area (Å²) < 4.78 is 11.6. The van der Waals surface area contributed by atoms with Gasteiger partial charge in [0, 0.05) is 0 Å². The highest BCUT2D eigenvalue weighted by atomic mass is 16.7. The summed E-state index contributed by atoms with van der Waals surface area (Å²) in [7, 11) is 0. The molecule has 4 aliphatic rings. The molecular weight excluding hydrogens is 252 g/mol. The van der Waals surface area contributed by atoms with E-state index in [1.807, 2.05) is 27.7 Å². The maximum atomic E-state index is 12.0. The zero-order chi connectivity index (χ0) is 14.4. The van der Waals surface area contributed by atoms with E-state index in [1.54, 1.807) is 0 Å². The average Bonchev–Trinajstić information content (AvgIpc) is 2.79. The van der Waals surface area contributed by atoms with Gasteiger partial charge in [-0.2, -0.15) is 0 Å². The van der Waals surface area contributed by atoms with Crippen LogP contribution in [-0.4, -0.2) is 18.4 Å². The third-order valence-electron chi connectivity index (χ3n) is 5.98. The van der Waals surface area contributed by atoms with Crippen molar-refractivity contribution >= 4 is 5.97 Å². The number of rotatable bonds is 5. The predicted octanol–water partition coefficient (Wildman–Crippen LogP) is 3.62. The molecule has 0 spiro atoms. The van der Waals surface area contributed by atoms with Crippen LogP contribution in [0.2, 0.25) is 0 Å². The first-order valence-corrected chi connectivity index (χ1v) is 8.31. The zero-order valence-electron chi connectivity index (χ0n) is 13.2. The van der Waals surface area contributed by atoms with E-state index in [-0.39, 0.29) is 11.9 Å². The van der Waals surface area contributed by atoms with Crippen molar-refractivity contribution in [2.45, 2.75) is 65.8 Å². The molecule has 0 heterocycles. The van der Waals surface area contributed by atoms with Gasteiger partial charge in [-0.15, -0.1) is 0 Å². The van der Waals surface area contributed by atoms with Crippen molar-refractivity contribution in [3.05, 3.63) is 0 Å². The van der Waals surface area contributed by atoms with Crippen LogP contribution in [0.25, 0.3) is 0 Å². The number of esters is 1. The Hall–Kier alpha value is -0.570. The second-order valence-corrected chi connectivity index (χ2v) is 7.63. The Morgan fingerprint density at radius 2 is 1.70 bits per heavy atom. The molecule has 7 unspecified atom stereocenters. The standard InChI is InChI=1S/C17H28O3/c1-9(2)10(3)17(18)20-11(4)19-16-14-6-12-5-13(8-14)15(16)7-12/h9-16H,5-8H2,1-4H3. The molecule has 4 aliphatic carbocycles. The molecule has 0 saturated heterocycles. The van der Waals surface area contributed by atoms with Crippen LogP contribution in [0, 0.1) is 35.5 Å². The van der Waals surface area contributed by atoms with Crippen LogP contribution in [-0.2, 0) is 14.3 Å². The quantitative estimate of drug-likeness (QED) is 0.570. The summed E-state index contributed by atoms with van der Waals surface area (Å²) >= 11 is 0. The van der Waals surface area contributed by atoms with E-state index in [0.29, 0.717) is 12.0 Å². The molecule has 0 aromatic carbocycles. The monoisotopic (exact) mass is 280 g/mol. The van der Waals surface area contributed by atoms with Gasteiger partial charge in [0.1, 0.15) is 0 Å². The number of hydrogen-bond donors (Lipinski definition) is 0. The van der Waals surface area contributed by atoms with Gasteiger partial charge in [-0.1, -0.05) is 20.8 Å².